The van der Waals surface area contributed by atoms with Gasteiger partial charge in [0.25, 0.3) is 0 Å². The Balaban J connectivity index is 2.91. The number of rotatable bonds is 2. The third kappa shape index (κ3) is 3.74. The van der Waals surface area contributed by atoms with Gasteiger partial charge in [0.15, 0.2) is 11.7 Å². The SMILES string of the molecule is N=C(N=C(Br)C(N)Br)c1nc(Br)c(Br)[nH]1. The van der Waals surface area contributed by atoms with Crippen LogP contribution in [0.15, 0.2) is 14.2 Å². The number of hydrogen-bond acceptors (Lipinski definition) is 3. The van der Waals surface area contributed by atoms with Gasteiger partial charge in [-0.15, -0.1) is 0 Å². The molecule has 1 aromatic rings. The molecule has 82 valence electrons. The number of aromatic amines is 1. The van der Waals surface area contributed by atoms with Crippen molar-refractivity contribution in [1.29, 1.82) is 5.41 Å². The molecule has 0 saturated heterocycles. The maximum absolute atomic E-state index is 7.63. The van der Waals surface area contributed by atoms with Gasteiger partial charge in [-0.1, -0.05) is 15.9 Å². The number of nitrogens with two attached hydrogens (primary N) is 1. The molecule has 4 N–H and O–H groups in total. The van der Waals surface area contributed by atoms with E-state index in [0.29, 0.717) is 19.7 Å². The molecule has 0 spiro atoms. The molecular formula is C6H5Br4N5. The number of nitrogens with one attached hydrogen (secondary N) is 2. The van der Waals surface area contributed by atoms with Crippen LogP contribution in [0.5, 0.6) is 0 Å². The normalized spacial score (nSPS) is 14.1. The Morgan fingerprint density at radius 1 is 1.53 bits per heavy atom. The molecule has 1 heterocycles. The van der Waals surface area contributed by atoms with E-state index in [0.717, 1.165) is 0 Å². The fraction of sp³-hybridized carbons (Fsp3) is 0.167. The second kappa shape index (κ2) is 5.67. The minimum atomic E-state index is -0.431. The zero-order valence-corrected chi connectivity index (χ0v) is 13.4. The second-order valence-corrected chi connectivity index (χ2v) is 5.72. The molecule has 9 heteroatoms. The lowest BCUT2D eigenvalue weighted by molar-refractivity contribution is 1.20. The number of imidazole rings is 1. The molecule has 5 nitrogen and oxygen atoms in total. The molecular weight excluding hydrogens is 462 g/mol. The standard InChI is InChI=1S/C6H5Br4N5/c7-1(11)2(8)13-5(12)6-14-3(9)4(10)15-6/h1,12H,11H2,(H,14,15). The fourth-order valence-electron chi connectivity index (χ4n) is 0.664. The third-order valence-electron chi connectivity index (χ3n) is 1.29. The van der Waals surface area contributed by atoms with E-state index in [1.165, 1.54) is 0 Å². The first-order valence-electron chi connectivity index (χ1n) is 3.55. The molecule has 0 fully saturated rings. The first-order chi connectivity index (χ1) is 6.91. The molecule has 0 aliphatic rings. The highest BCUT2D eigenvalue weighted by Gasteiger charge is 2.11. The Labute approximate surface area is 119 Å². The summed E-state index contributed by atoms with van der Waals surface area (Å²) in [4.78, 5) is 10.3. The molecule has 1 rings (SSSR count). The Morgan fingerprint density at radius 2 is 2.13 bits per heavy atom. The van der Waals surface area contributed by atoms with Crippen LogP contribution in [0.2, 0.25) is 0 Å². The predicted octanol–water partition coefficient (Wildman–Crippen LogP) is 2.73. The van der Waals surface area contributed by atoms with E-state index in [9.17, 15) is 0 Å². The van der Waals surface area contributed by atoms with Gasteiger partial charge in [-0.3, -0.25) is 5.41 Å². The number of alkyl halides is 1. The van der Waals surface area contributed by atoms with Crippen LogP contribution in [0.4, 0.5) is 0 Å². The topological polar surface area (TPSA) is 90.9 Å². The number of amidine groups is 1. The molecule has 0 bridgehead atoms. The van der Waals surface area contributed by atoms with Crippen LogP contribution >= 0.6 is 63.7 Å². The van der Waals surface area contributed by atoms with E-state index in [-0.39, 0.29) is 5.84 Å². The molecule has 0 amide bonds. The first-order valence-corrected chi connectivity index (χ1v) is 6.85. The minimum absolute atomic E-state index is 0.0109. The van der Waals surface area contributed by atoms with Crippen LogP contribution in [-0.4, -0.2) is 25.4 Å². The van der Waals surface area contributed by atoms with Gasteiger partial charge in [0.2, 0.25) is 0 Å². The molecule has 0 saturated carbocycles. The van der Waals surface area contributed by atoms with Crippen LogP contribution < -0.4 is 5.73 Å². The van der Waals surface area contributed by atoms with Gasteiger partial charge in [0.1, 0.15) is 18.8 Å². The van der Waals surface area contributed by atoms with Crippen molar-refractivity contribution in [2.24, 2.45) is 10.7 Å². The lowest BCUT2D eigenvalue weighted by Gasteiger charge is -1.99. The van der Waals surface area contributed by atoms with Crippen molar-refractivity contribution < 1.29 is 0 Å². The molecule has 0 aromatic carbocycles. The van der Waals surface area contributed by atoms with Crippen LogP contribution in [-0.2, 0) is 0 Å². The number of hydrogen-bond donors (Lipinski definition) is 3. The highest BCUT2D eigenvalue weighted by atomic mass is 79.9. The zero-order chi connectivity index (χ0) is 11.6. The van der Waals surface area contributed by atoms with Gasteiger partial charge in [0, 0.05) is 0 Å². The van der Waals surface area contributed by atoms with E-state index in [2.05, 4.69) is 78.7 Å². The van der Waals surface area contributed by atoms with Crippen molar-refractivity contribution in [3.05, 3.63) is 15.0 Å². The molecule has 15 heavy (non-hydrogen) atoms. The van der Waals surface area contributed by atoms with Crippen molar-refractivity contribution >= 4 is 74.2 Å². The van der Waals surface area contributed by atoms with Crippen molar-refractivity contribution in [3.8, 4) is 0 Å². The largest absolute Gasteiger partial charge is 0.329 e. The van der Waals surface area contributed by atoms with Crippen LogP contribution in [0.25, 0.3) is 0 Å². The van der Waals surface area contributed by atoms with Crippen molar-refractivity contribution in [3.63, 3.8) is 0 Å². The number of aromatic nitrogens is 2. The lowest BCUT2D eigenvalue weighted by atomic mass is 10.5. The van der Waals surface area contributed by atoms with E-state index < -0.39 is 4.95 Å². The van der Waals surface area contributed by atoms with E-state index in [4.69, 9.17) is 11.1 Å². The Kier molecular flexibility index (Phi) is 5.10. The second-order valence-electron chi connectivity index (χ2n) is 2.38. The summed E-state index contributed by atoms with van der Waals surface area (Å²) in [5.74, 6) is 0.335. The van der Waals surface area contributed by atoms with Gasteiger partial charge in [-0.25, -0.2) is 9.98 Å². The minimum Gasteiger partial charge on any atom is -0.329 e. The number of H-pyrrole nitrogens is 1. The molecule has 0 aliphatic carbocycles. The maximum Gasteiger partial charge on any atom is 0.189 e. The van der Waals surface area contributed by atoms with Crippen molar-refractivity contribution in [1.82, 2.24) is 9.97 Å². The molecule has 0 radical (unpaired) electrons. The Bertz CT molecular complexity index is 390. The van der Waals surface area contributed by atoms with E-state index >= 15 is 0 Å². The highest BCUT2D eigenvalue weighted by molar-refractivity contribution is 9.20. The number of halogens is 4. The molecule has 0 aliphatic heterocycles. The summed E-state index contributed by atoms with van der Waals surface area (Å²) in [7, 11) is 0. The summed E-state index contributed by atoms with van der Waals surface area (Å²) in [5, 5.41) is 7.63. The van der Waals surface area contributed by atoms with Crippen LogP contribution in [0.1, 0.15) is 5.82 Å². The Hall–Kier alpha value is 0.430. The molecule has 1 unspecified atom stereocenters. The summed E-state index contributed by atoms with van der Waals surface area (Å²) >= 11 is 12.7. The highest BCUT2D eigenvalue weighted by Crippen LogP contribution is 2.19. The summed E-state index contributed by atoms with van der Waals surface area (Å²) < 4.78 is 1.68. The average molecular weight is 467 g/mol. The van der Waals surface area contributed by atoms with Gasteiger partial charge in [-0.2, -0.15) is 0 Å². The van der Waals surface area contributed by atoms with Crippen molar-refractivity contribution in [2.75, 3.05) is 0 Å². The number of aliphatic imine (C=N–C) groups is 1. The van der Waals surface area contributed by atoms with Crippen molar-refractivity contribution in [2.45, 2.75) is 4.95 Å². The van der Waals surface area contributed by atoms with Gasteiger partial charge in [0.05, 0.1) is 0 Å². The van der Waals surface area contributed by atoms with Gasteiger partial charge >= 0.3 is 0 Å². The summed E-state index contributed by atoms with van der Waals surface area (Å²) in [5.41, 5.74) is 5.49. The fourth-order valence-corrected chi connectivity index (χ4v) is 1.50. The Morgan fingerprint density at radius 3 is 2.53 bits per heavy atom. The average Bonchev–Trinajstić information content (AvgIpc) is 2.46. The molecule has 1 atom stereocenters. The third-order valence-corrected chi connectivity index (χ3v) is 4.69. The monoisotopic (exact) mass is 463 g/mol. The van der Waals surface area contributed by atoms with Crippen LogP contribution in [0.3, 0.4) is 0 Å². The van der Waals surface area contributed by atoms with Crippen LogP contribution in [0, 0.1) is 5.41 Å². The number of nitrogens with zero attached hydrogens (tertiary/aromatic N) is 2. The molecule has 1 aromatic heterocycles. The summed E-state index contributed by atoms with van der Waals surface area (Å²) in [6.45, 7) is 0. The van der Waals surface area contributed by atoms with Gasteiger partial charge < -0.3 is 10.7 Å². The first kappa shape index (κ1) is 13.5. The van der Waals surface area contributed by atoms with E-state index in [1.807, 2.05) is 0 Å². The lowest BCUT2D eigenvalue weighted by Crippen LogP contribution is -2.19. The predicted molar refractivity (Wildman–Crippen MR) is 74.1 cm³/mol. The zero-order valence-electron chi connectivity index (χ0n) is 7.06. The smallest absolute Gasteiger partial charge is 0.189 e. The summed E-state index contributed by atoms with van der Waals surface area (Å²) in [6.07, 6.45) is 0. The van der Waals surface area contributed by atoms with Gasteiger partial charge in [-0.05, 0) is 47.8 Å². The quantitative estimate of drug-likeness (QED) is 0.271. The van der Waals surface area contributed by atoms with E-state index in [1.54, 1.807) is 0 Å². The maximum atomic E-state index is 7.63. The summed E-state index contributed by atoms with van der Waals surface area (Å²) in [6, 6.07) is 0.